The van der Waals surface area contributed by atoms with Crippen molar-refractivity contribution in [1.29, 1.82) is 0 Å². The maximum Gasteiger partial charge on any atom is 0.233 e. The van der Waals surface area contributed by atoms with Crippen molar-refractivity contribution in [3.05, 3.63) is 50.1 Å². The highest BCUT2D eigenvalue weighted by Crippen LogP contribution is 2.26. The third-order valence-electron chi connectivity index (χ3n) is 4.17. The van der Waals surface area contributed by atoms with Gasteiger partial charge >= 0.3 is 0 Å². The molecule has 0 aliphatic rings. The molecule has 0 saturated carbocycles. The van der Waals surface area contributed by atoms with Crippen molar-refractivity contribution in [3.8, 4) is 11.4 Å². The molecule has 5 nitrogen and oxygen atoms in total. The second-order valence-electron chi connectivity index (χ2n) is 5.96. The fourth-order valence-electron chi connectivity index (χ4n) is 2.71. The fourth-order valence-corrected chi connectivity index (χ4v) is 5.24. The van der Waals surface area contributed by atoms with Crippen LogP contribution in [0.25, 0.3) is 11.4 Å². The van der Waals surface area contributed by atoms with Gasteiger partial charge in [0.25, 0.3) is 0 Å². The molecule has 0 N–H and O–H groups in total. The average Bonchev–Trinajstić information content (AvgIpc) is 3.30. The number of hydrogen-bond acceptors (Lipinski definition) is 5. The molecule has 0 spiro atoms. The van der Waals surface area contributed by atoms with Crippen molar-refractivity contribution in [2.75, 3.05) is 12.3 Å². The molecule has 0 aliphatic carbocycles. The molecule has 28 heavy (non-hydrogen) atoms. The molecule has 0 aliphatic heterocycles. The number of aromatic nitrogens is 3. The summed E-state index contributed by atoms with van der Waals surface area (Å²) in [5, 5.41) is 10.0. The van der Waals surface area contributed by atoms with Crippen molar-refractivity contribution in [1.82, 2.24) is 19.7 Å². The summed E-state index contributed by atoms with van der Waals surface area (Å²) in [6.07, 6.45) is 0. The van der Waals surface area contributed by atoms with Gasteiger partial charge in [-0.2, -0.15) is 0 Å². The van der Waals surface area contributed by atoms with Crippen LogP contribution in [0.2, 0.25) is 5.02 Å². The van der Waals surface area contributed by atoms with E-state index in [1.165, 1.54) is 11.8 Å². The Balaban J connectivity index is 1.67. The zero-order chi connectivity index (χ0) is 20.1. The Kier molecular flexibility index (Phi) is 7.56. The van der Waals surface area contributed by atoms with E-state index in [0.717, 1.165) is 31.8 Å². The largest absolute Gasteiger partial charge is 0.337 e. The molecule has 1 amide bonds. The zero-order valence-electron chi connectivity index (χ0n) is 15.6. The number of carbonyl (C=O) groups is 1. The van der Waals surface area contributed by atoms with Gasteiger partial charge in [0.15, 0.2) is 11.0 Å². The molecule has 1 aromatic carbocycles. The number of thioether (sulfide) groups is 1. The number of amides is 1. The maximum absolute atomic E-state index is 12.7. The van der Waals surface area contributed by atoms with Gasteiger partial charge in [0.1, 0.15) is 0 Å². The van der Waals surface area contributed by atoms with Crippen LogP contribution >= 0.6 is 50.6 Å². The molecule has 148 valence electrons. The molecule has 0 fully saturated rings. The lowest BCUT2D eigenvalue weighted by molar-refractivity contribution is -0.128. The predicted molar refractivity (Wildman–Crippen MR) is 120 cm³/mol. The number of hydrogen-bond donors (Lipinski definition) is 0. The summed E-state index contributed by atoms with van der Waals surface area (Å²) in [7, 11) is 0. The van der Waals surface area contributed by atoms with Crippen molar-refractivity contribution in [3.63, 3.8) is 0 Å². The maximum atomic E-state index is 12.7. The van der Waals surface area contributed by atoms with Crippen molar-refractivity contribution in [2.24, 2.45) is 0 Å². The van der Waals surface area contributed by atoms with E-state index in [4.69, 9.17) is 11.6 Å². The van der Waals surface area contributed by atoms with Crippen LogP contribution in [0.1, 0.15) is 18.7 Å². The minimum Gasteiger partial charge on any atom is -0.337 e. The molecule has 0 unspecified atom stereocenters. The molecular formula is C19H20BrClN4OS2. The summed E-state index contributed by atoms with van der Waals surface area (Å²) in [6.45, 7) is 6.07. The number of nitrogens with zero attached hydrogens (tertiary/aromatic N) is 4. The van der Waals surface area contributed by atoms with E-state index in [1.807, 2.05) is 59.7 Å². The summed E-state index contributed by atoms with van der Waals surface area (Å²) >= 11 is 12.5. The van der Waals surface area contributed by atoms with Crippen LogP contribution < -0.4 is 0 Å². The second kappa shape index (κ2) is 9.91. The van der Waals surface area contributed by atoms with Crippen LogP contribution in [0, 0.1) is 0 Å². The number of halogens is 2. The van der Waals surface area contributed by atoms with Crippen LogP contribution in [0.15, 0.2) is 45.3 Å². The van der Waals surface area contributed by atoms with Gasteiger partial charge in [0.05, 0.1) is 16.1 Å². The minimum atomic E-state index is 0.0933. The molecule has 0 bridgehead atoms. The molecule has 9 heteroatoms. The molecular weight excluding hydrogens is 480 g/mol. The molecule has 2 aromatic heterocycles. The molecule has 0 radical (unpaired) electrons. The highest BCUT2D eigenvalue weighted by molar-refractivity contribution is 9.11. The molecule has 0 atom stereocenters. The van der Waals surface area contributed by atoms with Gasteiger partial charge in [-0.25, -0.2) is 0 Å². The third-order valence-corrected chi connectivity index (χ3v) is 6.98. The van der Waals surface area contributed by atoms with Crippen LogP contribution in [0.5, 0.6) is 0 Å². The van der Waals surface area contributed by atoms with Crippen molar-refractivity contribution in [2.45, 2.75) is 32.1 Å². The summed E-state index contributed by atoms with van der Waals surface area (Å²) in [5.41, 5.74) is 0.954. The van der Waals surface area contributed by atoms with E-state index in [0.29, 0.717) is 23.9 Å². The first-order chi connectivity index (χ1) is 13.5. The van der Waals surface area contributed by atoms with Crippen molar-refractivity contribution < 1.29 is 4.79 Å². The first-order valence-corrected chi connectivity index (χ1v) is 11.8. The smallest absolute Gasteiger partial charge is 0.233 e. The lowest BCUT2D eigenvalue weighted by Gasteiger charge is -2.19. The molecule has 3 rings (SSSR count). The standard InChI is InChI=1S/C19H20BrClN4OS2/c1-3-24(11-15-9-10-16(20)28-15)17(26)12-27-19-23-22-18(25(19)4-2)13-5-7-14(21)8-6-13/h5-10H,3-4,11-12H2,1-2H3. The monoisotopic (exact) mass is 498 g/mol. The predicted octanol–water partition coefficient (Wildman–Crippen LogP) is 5.58. The summed E-state index contributed by atoms with van der Waals surface area (Å²) in [4.78, 5) is 15.7. The lowest BCUT2D eigenvalue weighted by atomic mass is 10.2. The summed E-state index contributed by atoms with van der Waals surface area (Å²) in [6, 6.07) is 11.6. The number of benzene rings is 1. The highest BCUT2D eigenvalue weighted by atomic mass is 79.9. The van der Waals surface area contributed by atoms with Gasteiger partial charge in [-0.1, -0.05) is 23.4 Å². The van der Waals surface area contributed by atoms with Gasteiger partial charge in [0.2, 0.25) is 5.91 Å². The highest BCUT2D eigenvalue weighted by Gasteiger charge is 2.18. The number of thiophene rings is 1. The summed E-state index contributed by atoms with van der Waals surface area (Å²) in [5.74, 6) is 1.21. The Morgan fingerprint density at radius 3 is 2.57 bits per heavy atom. The number of carbonyl (C=O) groups excluding carboxylic acids is 1. The summed E-state index contributed by atoms with van der Waals surface area (Å²) < 4.78 is 3.10. The van der Waals surface area contributed by atoms with Gasteiger partial charge in [-0.3, -0.25) is 4.79 Å². The lowest BCUT2D eigenvalue weighted by Crippen LogP contribution is -2.31. The second-order valence-corrected chi connectivity index (χ2v) is 9.89. The third kappa shape index (κ3) is 5.17. The van der Waals surface area contributed by atoms with Crippen LogP contribution in [-0.4, -0.2) is 37.9 Å². The van der Waals surface area contributed by atoms with Gasteiger partial charge in [-0.15, -0.1) is 21.5 Å². The van der Waals surface area contributed by atoms with Crippen molar-refractivity contribution >= 4 is 56.5 Å². The van der Waals surface area contributed by atoms with E-state index < -0.39 is 0 Å². The van der Waals surface area contributed by atoms with E-state index >= 15 is 0 Å². The Labute approximate surface area is 186 Å². The Morgan fingerprint density at radius 2 is 1.96 bits per heavy atom. The van der Waals surface area contributed by atoms with Crippen LogP contribution in [0.4, 0.5) is 0 Å². The van der Waals surface area contributed by atoms with Gasteiger partial charge < -0.3 is 9.47 Å². The van der Waals surface area contributed by atoms with Gasteiger partial charge in [-0.05, 0) is 66.2 Å². The Morgan fingerprint density at radius 1 is 1.21 bits per heavy atom. The minimum absolute atomic E-state index is 0.0933. The Hall–Kier alpha value is -1.35. The van der Waals surface area contributed by atoms with E-state index in [2.05, 4.69) is 26.1 Å². The van der Waals surface area contributed by atoms with Gasteiger partial charge in [0, 0.05) is 28.6 Å². The molecule has 3 aromatic rings. The number of rotatable bonds is 8. The normalized spacial score (nSPS) is 11.0. The molecule has 0 saturated heterocycles. The van der Waals surface area contributed by atoms with Crippen LogP contribution in [-0.2, 0) is 17.9 Å². The molecule has 2 heterocycles. The van der Waals surface area contributed by atoms with E-state index in [9.17, 15) is 4.79 Å². The average molecular weight is 500 g/mol. The topological polar surface area (TPSA) is 51.0 Å². The fraction of sp³-hybridized carbons (Fsp3) is 0.316. The van der Waals surface area contributed by atoms with E-state index in [1.54, 1.807) is 11.3 Å². The van der Waals surface area contributed by atoms with E-state index in [-0.39, 0.29) is 5.91 Å². The first kappa shape index (κ1) is 21.4. The zero-order valence-corrected chi connectivity index (χ0v) is 19.5. The van der Waals surface area contributed by atoms with Crippen LogP contribution in [0.3, 0.4) is 0 Å². The first-order valence-electron chi connectivity index (χ1n) is 8.85. The SMILES string of the molecule is CCN(Cc1ccc(Br)s1)C(=O)CSc1nnc(-c2ccc(Cl)cc2)n1CC. The quantitative estimate of drug-likeness (QED) is 0.379. The Bertz CT molecular complexity index is 942.